The Morgan fingerprint density at radius 2 is 2.00 bits per heavy atom. The number of aromatic nitrogens is 2. The molecular formula is C19H28N3O4S+. The van der Waals surface area contributed by atoms with Crippen LogP contribution in [0.5, 0.6) is 0 Å². The number of ether oxygens (including phenoxy) is 2. The SMILES string of the molecule is COCCOC(=O)c1sc2nc(C[NH+]3C[C@H](C)C[C@H](C)C3)[nH]c(=O)c2c1C. The summed E-state index contributed by atoms with van der Waals surface area (Å²) in [6.45, 7) is 9.73. The number of likely N-dealkylation sites (tertiary alicyclic amines) is 1. The Morgan fingerprint density at radius 1 is 1.30 bits per heavy atom. The fourth-order valence-corrected chi connectivity index (χ4v) is 5.15. The number of aromatic amines is 1. The summed E-state index contributed by atoms with van der Waals surface area (Å²) in [5, 5.41) is 0.484. The molecule has 7 nitrogen and oxygen atoms in total. The number of hydrogen-bond acceptors (Lipinski definition) is 6. The number of H-pyrrole nitrogens is 1. The molecule has 2 N–H and O–H groups in total. The van der Waals surface area contributed by atoms with Crippen LogP contribution in [0.25, 0.3) is 10.2 Å². The standard InChI is InChI=1S/C19H27N3O4S/c1-11-7-12(2)9-22(8-11)10-14-20-17(23)15-13(3)16(27-18(15)21-14)19(24)26-6-5-25-4/h11-12H,5-10H2,1-4H3,(H,20,21,23)/p+1/t11-,12+. The van der Waals surface area contributed by atoms with Crippen LogP contribution in [0, 0.1) is 18.8 Å². The fourth-order valence-electron chi connectivity index (χ4n) is 4.05. The quantitative estimate of drug-likeness (QED) is 0.567. The van der Waals surface area contributed by atoms with Crippen LogP contribution in [0.15, 0.2) is 4.79 Å². The fraction of sp³-hybridized carbons (Fsp3) is 0.632. The van der Waals surface area contributed by atoms with Crippen molar-refractivity contribution >= 4 is 27.5 Å². The van der Waals surface area contributed by atoms with Crippen LogP contribution in [0.3, 0.4) is 0 Å². The van der Waals surface area contributed by atoms with Crippen LogP contribution in [0.2, 0.25) is 0 Å². The third-order valence-corrected chi connectivity index (χ3v) is 6.22. The summed E-state index contributed by atoms with van der Waals surface area (Å²) in [4.78, 5) is 34.9. The minimum atomic E-state index is -0.433. The minimum absolute atomic E-state index is 0.183. The first-order valence-corrected chi connectivity index (χ1v) is 10.2. The number of nitrogens with zero attached hydrogens (tertiary/aromatic N) is 1. The molecule has 0 saturated carbocycles. The highest BCUT2D eigenvalue weighted by atomic mass is 32.1. The Balaban J connectivity index is 1.83. The summed E-state index contributed by atoms with van der Waals surface area (Å²) in [6, 6.07) is 0. The van der Waals surface area contributed by atoms with Gasteiger partial charge in [-0.25, -0.2) is 9.78 Å². The lowest BCUT2D eigenvalue weighted by Gasteiger charge is -2.31. The van der Waals surface area contributed by atoms with Gasteiger partial charge in [-0.15, -0.1) is 11.3 Å². The monoisotopic (exact) mass is 394 g/mol. The van der Waals surface area contributed by atoms with E-state index in [1.54, 1.807) is 14.0 Å². The number of carbonyl (C=O) groups is 1. The molecule has 8 heteroatoms. The first-order chi connectivity index (χ1) is 12.9. The number of carbonyl (C=O) groups excluding carboxylic acids is 1. The van der Waals surface area contributed by atoms with Gasteiger partial charge >= 0.3 is 5.97 Å². The summed E-state index contributed by atoms with van der Waals surface area (Å²) in [5.74, 6) is 1.61. The second-order valence-electron chi connectivity index (χ2n) is 7.66. The third-order valence-electron chi connectivity index (χ3n) is 5.05. The van der Waals surface area contributed by atoms with E-state index in [-0.39, 0.29) is 12.2 Å². The molecule has 3 rings (SSSR count). The summed E-state index contributed by atoms with van der Waals surface area (Å²) < 4.78 is 10.1. The Bertz CT molecular complexity index is 866. The zero-order valence-corrected chi connectivity index (χ0v) is 17.2. The lowest BCUT2D eigenvalue weighted by Crippen LogP contribution is -3.13. The van der Waals surface area contributed by atoms with Crippen molar-refractivity contribution in [3.63, 3.8) is 0 Å². The third kappa shape index (κ3) is 4.56. The van der Waals surface area contributed by atoms with E-state index in [1.165, 1.54) is 22.7 Å². The molecule has 2 aromatic rings. The molecule has 0 bridgehead atoms. The number of fused-ring (bicyclic) bond motifs is 1. The second kappa shape index (κ2) is 8.50. The number of piperidine rings is 1. The Labute approximate surface area is 162 Å². The van der Waals surface area contributed by atoms with Crippen molar-refractivity contribution in [1.82, 2.24) is 9.97 Å². The van der Waals surface area contributed by atoms with E-state index in [0.29, 0.717) is 51.5 Å². The molecule has 1 aliphatic rings. The number of rotatable bonds is 6. The maximum atomic E-state index is 12.6. The smallest absolute Gasteiger partial charge is 0.348 e. The van der Waals surface area contributed by atoms with Crippen LogP contribution in [0.1, 0.15) is 41.3 Å². The van der Waals surface area contributed by atoms with E-state index in [4.69, 9.17) is 9.47 Å². The summed E-state index contributed by atoms with van der Waals surface area (Å²) in [6.07, 6.45) is 1.26. The first-order valence-electron chi connectivity index (χ1n) is 9.41. The van der Waals surface area contributed by atoms with E-state index in [0.717, 1.165) is 13.1 Å². The lowest BCUT2D eigenvalue weighted by molar-refractivity contribution is -0.926. The molecule has 1 fully saturated rings. The van der Waals surface area contributed by atoms with E-state index in [1.807, 2.05) is 0 Å². The lowest BCUT2D eigenvalue weighted by atomic mass is 9.92. The van der Waals surface area contributed by atoms with Crippen LogP contribution in [-0.2, 0) is 16.0 Å². The number of methoxy groups -OCH3 is 1. The van der Waals surface area contributed by atoms with Gasteiger partial charge < -0.3 is 19.4 Å². The van der Waals surface area contributed by atoms with Gasteiger partial charge in [0.25, 0.3) is 5.56 Å². The second-order valence-corrected chi connectivity index (χ2v) is 8.66. The predicted octanol–water partition coefficient (Wildman–Crippen LogP) is 1.16. The molecule has 0 spiro atoms. The van der Waals surface area contributed by atoms with Gasteiger partial charge in [-0.2, -0.15) is 0 Å². The molecule has 0 radical (unpaired) electrons. The van der Waals surface area contributed by atoms with Gasteiger partial charge in [0, 0.05) is 18.9 Å². The van der Waals surface area contributed by atoms with Crippen molar-refractivity contribution in [1.29, 1.82) is 0 Å². The molecule has 0 amide bonds. The van der Waals surface area contributed by atoms with E-state index in [9.17, 15) is 9.59 Å². The number of nitrogens with one attached hydrogen (secondary N) is 2. The Morgan fingerprint density at radius 3 is 2.67 bits per heavy atom. The topological polar surface area (TPSA) is 85.7 Å². The highest BCUT2D eigenvalue weighted by Crippen LogP contribution is 2.27. The van der Waals surface area contributed by atoms with E-state index in [2.05, 4.69) is 23.8 Å². The minimum Gasteiger partial charge on any atom is -0.459 e. The highest BCUT2D eigenvalue weighted by Gasteiger charge is 2.26. The summed E-state index contributed by atoms with van der Waals surface area (Å²) >= 11 is 1.23. The zero-order chi connectivity index (χ0) is 19.6. The van der Waals surface area contributed by atoms with Crippen LogP contribution in [0.4, 0.5) is 0 Å². The maximum Gasteiger partial charge on any atom is 0.348 e. The molecule has 2 aromatic heterocycles. The summed E-state index contributed by atoms with van der Waals surface area (Å²) in [5.41, 5.74) is 0.447. The van der Waals surface area contributed by atoms with Gasteiger partial charge in [0.2, 0.25) is 0 Å². The zero-order valence-electron chi connectivity index (χ0n) is 16.4. The normalized spacial score (nSPS) is 22.9. The predicted molar refractivity (Wildman–Crippen MR) is 104 cm³/mol. The largest absolute Gasteiger partial charge is 0.459 e. The Kier molecular flexibility index (Phi) is 6.29. The first kappa shape index (κ1) is 20.0. The average Bonchev–Trinajstić information content (AvgIpc) is 2.91. The Hall–Kier alpha value is -1.77. The van der Waals surface area contributed by atoms with Crippen molar-refractivity contribution in [3.8, 4) is 0 Å². The van der Waals surface area contributed by atoms with Crippen LogP contribution < -0.4 is 10.5 Å². The van der Waals surface area contributed by atoms with Gasteiger partial charge in [0.05, 0.1) is 25.1 Å². The number of thiophene rings is 1. The van der Waals surface area contributed by atoms with Gasteiger partial charge in [-0.05, 0) is 18.9 Å². The molecule has 27 heavy (non-hydrogen) atoms. The van der Waals surface area contributed by atoms with Crippen molar-refractivity contribution < 1.29 is 19.2 Å². The molecule has 3 heterocycles. The number of esters is 1. The van der Waals surface area contributed by atoms with Gasteiger partial charge in [0.1, 0.15) is 22.9 Å². The maximum absolute atomic E-state index is 12.6. The van der Waals surface area contributed by atoms with Gasteiger partial charge in [0.15, 0.2) is 5.82 Å². The van der Waals surface area contributed by atoms with Crippen molar-refractivity contribution in [2.75, 3.05) is 33.4 Å². The van der Waals surface area contributed by atoms with Crippen molar-refractivity contribution in [2.24, 2.45) is 11.8 Å². The van der Waals surface area contributed by atoms with Crippen LogP contribution >= 0.6 is 11.3 Å². The number of hydrogen-bond donors (Lipinski definition) is 2. The molecule has 1 unspecified atom stereocenters. The number of aryl methyl sites for hydroxylation is 1. The van der Waals surface area contributed by atoms with Crippen molar-refractivity contribution in [3.05, 3.63) is 26.6 Å². The van der Waals surface area contributed by atoms with Crippen LogP contribution in [-0.4, -0.2) is 49.4 Å². The molecule has 148 valence electrons. The molecule has 0 aliphatic carbocycles. The molecule has 1 aliphatic heterocycles. The average molecular weight is 395 g/mol. The molecular weight excluding hydrogens is 366 g/mol. The molecule has 3 atom stereocenters. The van der Waals surface area contributed by atoms with Crippen molar-refractivity contribution in [2.45, 2.75) is 33.7 Å². The highest BCUT2D eigenvalue weighted by molar-refractivity contribution is 7.20. The molecule has 0 aromatic carbocycles. The molecule has 1 saturated heterocycles. The van der Waals surface area contributed by atoms with E-state index < -0.39 is 5.97 Å². The van der Waals surface area contributed by atoms with E-state index >= 15 is 0 Å². The van der Waals surface area contributed by atoms with Gasteiger partial charge in [-0.3, -0.25) is 4.79 Å². The summed E-state index contributed by atoms with van der Waals surface area (Å²) in [7, 11) is 1.55. The number of quaternary nitrogens is 1. The van der Waals surface area contributed by atoms with Gasteiger partial charge in [-0.1, -0.05) is 13.8 Å².